The molecule has 0 spiro atoms. The Balaban J connectivity index is 1.64. The lowest BCUT2D eigenvalue weighted by atomic mass is 9.43. The van der Waals surface area contributed by atoms with E-state index in [4.69, 9.17) is 0 Å². The summed E-state index contributed by atoms with van der Waals surface area (Å²) in [6.45, 7) is 7.06. The molecule has 10 atom stereocenters. The molecule has 6 nitrogen and oxygen atoms in total. The lowest BCUT2D eigenvalue weighted by molar-refractivity contribution is -0.140. The number of rotatable bonds is 6. The third-order valence-electron chi connectivity index (χ3n) is 10.6. The summed E-state index contributed by atoms with van der Waals surface area (Å²) < 4.78 is 27.8. The summed E-state index contributed by atoms with van der Waals surface area (Å²) >= 11 is 0. The fourth-order valence-corrected chi connectivity index (χ4v) is 9.97. The first-order valence-corrected chi connectivity index (χ1v) is 14.6. The monoisotopic (exact) mass is 469 g/mol. The van der Waals surface area contributed by atoms with Gasteiger partial charge in [0.2, 0.25) is 10.0 Å². The van der Waals surface area contributed by atoms with E-state index in [1.807, 2.05) is 0 Å². The largest absolute Gasteiger partial charge is 0.481 e. The molecular weight excluding hydrogens is 426 g/mol. The second-order valence-corrected chi connectivity index (χ2v) is 14.1. The van der Waals surface area contributed by atoms with Gasteiger partial charge in [0.15, 0.2) is 0 Å². The Morgan fingerprint density at radius 1 is 1.06 bits per heavy atom. The lowest BCUT2D eigenvalue weighted by Crippen LogP contribution is -2.62. The van der Waals surface area contributed by atoms with Gasteiger partial charge in [0.25, 0.3) is 0 Å². The smallest absolute Gasteiger partial charge is 0.303 e. The molecule has 0 aromatic carbocycles. The van der Waals surface area contributed by atoms with Crippen LogP contribution in [0.1, 0.15) is 85.0 Å². The van der Waals surface area contributed by atoms with Crippen LogP contribution in [0, 0.1) is 46.3 Å². The highest BCUT2D eigenvalue weighted by Crippen LogP contribution is 2.68. The van der Waals surface area contributed by atoms with Gasteiger partial charge in [-0.05, 0) is 104 Å². The van der Waals surface area contributed by atoms with Crippen LogP contribution < -0.4 is 4.72 Å². The van der Waals surface area contributed by atoms with Crippen LogP contribution >= 0.6 is 0 Å². The second kappa shape index (κ2) is 8.53. The van der Waals surface area contributed by atoms with Gasteiger partial charge >= 0.3 is 5.97 Å². The first kappa shape index (κ1) is 24.5. The van der Waals surface area contributed by atoms with Crippen molar-refractivity contribution in [2.75, 3.05) is 6.26 Å². The number of carboxylic acids is 1. The summed E-state index contributed by atoms with van der Waals surface area (Å²) in [5, 5.41) is 19.5. The van der Waals surface area contributed by atoms with E-state index in [0.717, 1.165) is 57.8 Å². The molecular formula is C25H43NO5S. The summed E-state index contributed by atoms with van der Waals surface area (Å²) in [7, 11) is -3.32. The fraction of sp³-hybridized carbons (Fsp3) is 0.960. The Bertz CT molecular complexity index is 830. The maximum Gasteiger partial charge on any atom is 0.303 e. The SMILES string of the molecule is C[C@H](CCC(=O)O)[C@H]1CC[C@H]2[C@@H]3[C@@H](NS(C)(=O)=O)C[C@@H]4C[C@H](O)CC[C@]4(C)[C@H]3CC[C@]12C. The van der Waals surface area contributed by atoms with E-state index in [1.54, 1.807) is 0 Å². The number of fused-ring (bicyclic) bond motifs is 5. The van der Waals surface area contributed by atoms with Gasteiger partial charge in [-0.1, -0.05) is 20.8 Å². The van der Waals surface area contributed by atoms with Crippen molar-refractivity contribution in [2.45, 2.75) is 97.1 Å². The zero-order valence-electron chi connectivity index (χ0n) is 20.2. The van der Waals surface area contributed by atoms with Gasteiger partial charge in [-0.3, -0.25) is 4.79 Å². The van der Waals surface area contributed by atoms with Gasteiger partial charge in [-0.2, -0.15) is 0 Å². The van der Waals surface area contributed by atoms with Gasteiger partial charge in [0.05, 0.1) is 12.4 Å². The molecule has 0 bridgehead atoms. The Morgan fingerprint density at radius 3 is 2.38 bits per heavy atom. The van der Waals surface area contributed by atoms with Crippen molar-refractivity contribution in [1.82, 2.24) is 4.72 Å². The van der Waals surface area contributed by atoms with Crippen LogP contribution in [0.3, 0.4) is 0 Å². The quantitative estimate of drug-likeness (QED) is 0.545. The number of hydrogen-bond acceptors (Lipinski definition) is 4. The number of hydrogen-bond donors (Lipinski definition) is 3. The van der Waals surface area contributed by atoms with Crippen molar-refractivity contribution in [3.05, 3.63) is 0 Å². The third kappa shape index (κ3) is 4.26. The predicted octanol–water partition coefficient (Wildman–Crippen LogP) is 4.03. The van der Waals surface area contributed by atoms with Crippen molar-refractivity contribution < 1.29 is 23.4 Å². The van der Waals surface area contributed by atoms with Crippen molar-refractivity contribution in [3.8, 4) is 0 Å². The number of carboxylic acid groups (broad SMARTS) is 1. The highest BCUT2D eigenvalue weighted by Gasteiger charge is 2.63. The average Bonchev–Trinajstić information content (AvgIpc) is 3.03. The summed E-state index contributed by atoms with van der Waals surface area (Å²) in [4.78, 5) is 11.2. The normalized spacial score (nSPS) is 47.2. The minimum Gasteiger partial charge on any atom is -0.481 e. The van der Waals surface area contributed by atoms with E-state index in [0.29, 0.717) is 35.5 Å². The van der Waals surface area contributed by atoms with Gasteiger partial charge in [-0.15, -0.1) is 0 Å². The summed E-state index contributed by atoms with van der Waals surface area (Å²) in [5.41, 5.74) is 0.321. The maximum atomic E-state index is 12.4. The van der Waals surface area contributed by atoms with E-state index in [-0.39, 0.29) is 29.4 Å². The van der Waals surface area contributed by atoms with E-state index < -0.39 is 16.0 Å². The molecule has 4 fully saturated rings. The second-order valence-electron chi connectivity index (χ2n) is 12.3. The number of aliphatic hydroxyl groups excluding tert-OH is 1. The highest BCUT2D eigenvalue weighted by molar-refractivity contribution is 7.88. The van der Waals surface area contributed by atoms with Crippen molar-refractivity contribution in [1.29, 1.82) is 0 Å². The molecule has 4 aliphatic rings. The third-order valence-corrected chi connectivity index (χ3v) is 11.4. The van der Waals surface area contributed by atoms with Crippen molar-refractivity contribution >= 4 is 16.0 Å². The van der Waals surface area contributed by atoms with Crippen LogP contribution in [0.2, 0.25) is 0 Å². The molecule has 0 radical (unpaired) electrons. The van der Waals surface area contributed by atoms with Crippen LogP contribution in [0.25, 0.3) is 0 Å². The van der Waals surface area contributed by atoms with Crippen molar-refractivity contribution in [2.24, 2.45) is 46.3 Å². The Hall–Kier alpha value is -0.660. The molecule has 4 rings (SSSR count). The van der Waals surface area contributed by atoms with Gasteiger partial charge in [0.1, 0.15) is 0 Å². The van der Waals surface area contributed by atoms with E-state index in [1.165, 1.54) is 6.26 Å². The fourth-order valence-electron chi connectivity index (χ4n) is 9.17. The molecule has 4 saturated carbocycles. The summed E-state index contributed by atoms with van der Waals surface area (Å²) in [6, 6.07) is -0.0592. The minimum atomic E-state index is -3.32. The predicted molar refractivity (Wildman–Crippen MR) is 124 cm³/mol. The molecule has 0 aliphatic heterocycles. The standard InChI is InChI=1S/C25H43NO5S/c1-15(5-8-22(28)29)18-6-7-19-23-20(10-12-25(18,19)3)24(2)11-9-17(27)13-16(24)14-21(23)26-32(4,30)31/h15-21,23,26-27H,5-14H2,1-4H3,(H,28,29)/t15-,16+,17-,18-,19+,20+,21+,23+,24+,25-/m1/s1. The zero-order chi connectivity index (χ0) is 23.5. The lowest BCUT2D eigenvalue weighted by Gasteiger charge is -2.63. The molecule has 0 heterocycles. The van der Waals surface area contributed by atoms with Gasteiger partial charge in [0, 0.05) is 12.5 Å². The van der Waals surface area contributed by atoms with Crippen molar-refractivity contribution in [3.63, 3.8) is 0 Å². The van der Waals surface area contributed by atoms with E-state index in [9.17, 15) is 23.4 Å². The first-order valence-electron chi connectivity index (χ1n) is 12.7. The Labute approximate surface area is 194 Å². The molecule has 7 heteroatoms. The van der Waals surface area contributed by atoms with Crippen LogP contribution in [-0.2, 0) is 14.8 Å². The molecule has 184 valence electrons. The average molecular weight is 470 g/mol. The first-order chi connectivity index (χ1) is 14.8. The number of carbonyl (C=O) groups is 1. The maximum absolute atomic E-state index is 12.4. The number of sulfonamides is 1. The molecule has 0 aromatic heterocycles. The number of aliphatic hydroxyl groups is 1. The Kier molecular flexibility index (Phi) is 6.52. The Morgan fingerprint density at radius 2 is 1.72 bits per heavy atom. The molecule has 0 saturated heterocycles. The highest BCUT2D eigenvalue weighted by atomic mass is 32.2. The number of aliphatic carboxylic acids is 1. The minimum absolute atomic E-state index is 0.0592. The molecule has 32 heavy (non-hydrogen) atoms. The zero-order valence-corrected chi connectivity index (χ0v) is 21.0. The molecule has 4 aliphatic carbocycles. The van der Waals surface area contributed by atoms with Gasteiger partial charge in [-0.25, -0.2) is 13.1 Å². The number of nitrogens with one attached hydrogen (secondary N) is 1. The van der Waals surface area contributed by atoms with Crippen LogP contribution in [0.5, 0.6) is 0 Å². The molecule has 0 unspecified atom stereocenters. The van der Waals surface area contributed by atoms with E-state index >= 15 is 0 Å². The van der Waals surface area contributed by atoms with Gasteiger partial charge < -0.3 is 10.2 Å². The van der Waals surface area contributed by atoms with Crippen LogP contribution in [0.15, 0.2) is 0 Å². The van der Waals surface area contributed by atoms with Crippen LogP contribution in [-0.4, -0.2) is 43.0 Å². The molecule has 0 amide bonds. The van der Waals surface area contributed by atoms with E-state index in [2.05, 4.69) is 25.5 Å². The van der Waals surface area contributed by atoms with Crippen LogP contribution in [0.4, 0.5) is 0 Å². The molecule has 3 N–H and O–H groups in total. The molecule has 0 aromatic rings. The summed E-state index contributed by atoms with van der Waals surface area (Å²) in [5.74, 6) is 1.81. The topological polar surface area (TPSA) is 104 Å². The summed E-state index contributed by atoms with van der Waals surface area (Å²) in [6.07, 6.45) is 9.98.